The molecular formula is C15H22N2O5S2. The number of hydrogen-bond donors (Lipinski definition) is 1. The molecule has 1 amide bonds. The summed E-state index contributed by atoms with van der Waals surface area (Å²) in [6, 6.07) is 5.08. The maximum Gasteiger partial charge on any atom is 0.241 e. The van der Waals surface area contributed by atoms with Crippen molar-refractivity contribution in [2.45, 2.75) is 30.4 Å². The minimum absolute atomic E-state index is 0.114. The maximum absolute atomic E-state index is 12.4. The summed E-state index contributed by atoms with van der Waals surface area (Å²) in [5.74, 6) is -0.421. The van der Waals surface area contributed by atoms with Crippen molar-refractivity contribution in [2.75, 3.05) is 25.9 Å². The quantitative estimate of drug-likeness (QED) is 0.795. The largest absolute Gasteiger partial charge is 0.340 e. The molecule has 1 aliphatic heterocycles. The molecule has 1 N–H and O–H groups in total. The summed E-state index contributed by atoms with van der Waals surface area (Å²) in [5.41, 5.74) is 1.40. The van der Waals surface area contributed by atoms with Gasteiger partial charge in [0.05, 0.1) is 16.7 Å². The zero-order chi connectivity index (χ0) is 18.1. The smallest absolute Gasteiger partial charge is 0.241 e. The first-order valence-electron chi connectivity index (χ1n) is 7.54. The molecule has 0 saturated carbocycles. The van der Waals surface area contributed by atoms with Gasteiger partial charge in [0.15, 0.2) is 9.84 Å². The molecule has 0 bridgehead atoms. The molecule has 1 fully saturated rings. The molecule has 7 nitrogen and oxygen atoms in total. The molecule has 134 valence electrons. The first-order valence-corrected chi connectivity index (χ1v) is 11.0. The third-order valence-electron chi connectivity index (χ3n) is 4.15. The molecule has 2 rings (SSSR count). The molecule has 0 spiro atoms. The zero-order valence-corrected chi connectivity index (χ0v) is 15.6. The Hall–Kier alpha value is -1.45. The lowest BCUT2D eigenvalue weighted by Gasteiger charge is -2.17. The van der Waals surface area contributed by atoms with Crippen LogP contribution in [-0.4, -0.2) is 58.8 Å². The Kier molecular flexibility index (Phi) is 5.36. The van der Waals surface area contributed by atoms with Crippen molar-refractivity contribution in [3.63, 3.8) is 0 Å². The predicted molar refractivity (Wildman–Crippen MR) is 90.9 cm³/mol. The van der Waals surface area contributed by atoms with Crippen molar-refractivity contribution in [3.8, 4) is 0 Å². The van der Waals surface area contributed by atoms with E-state index >= 15 is 0 Å². The highest BCUT2D eigenvalue weighted by Gasteiger charge is 2.32. The van der Waals surface area contributed by atoms with Crippen molar-refractivity contribution in [1.29, 1.82) is 0 Å². The van der Waals surface area contributed by atoms with Gasteiger partial charge in [0, 0.05) is 19.3 Å². The van der Waals surface area contributed by atoms with Crippen LogP contribution in [0, 0.1) is 13.8 Å². The van der Waals surface area contributed by atoms with Gasteiger partial charge in [-0.2, -0.15) is 0 Å². The molecule has 9 heteroatoms. The predicted octanol–water partition coefficient (Wildman–Crippen LogP) is 0.227. The SMILES string of the molecule is Cc1ccc(C)c(S(=O)(=O)NCC(=O)N2CCC(S(C)(=O)=O)C2)c1. The van der Waals surface area contributed by atoms with Crippen LogP contribution in [0.4, 0.5) is 0 Å². The van der Waals surface area contributed by atoms with Crippen LogP contribution in [0.2, 0.25) is 0 Å². The molecule has 1 atom stereocenters. The number of carbonyl (C=O) groups is 1. The number of nitrogens with zero attached hydrogens (tertiary/aromatic N) is 1. The van der Waals surface area contributed by atoms with E-state index in [0.29, 0.717) is 18.5 Å². The first-order chi connectivity index (χ1) is 11.0. The Bertz CT molecular complexity index is 847. The molecule has 0 aliphatic carbocycles. The Morgan fingerprint density at radius 2 is 1.92 bits per heavy atom. The van der Waals surface area contributed by atoms with Crippen LogP contribution >= 0.6 is 0 Å². The minimum atomic E-state index is -3.80. The van der Waals surface area contributed by atoms with E-state index in [0.717, 1.165) is 11.8 Å². The molecule has 1 heterocycles. The van der Waals surface area contributed by atoms with E-state index in [-0.39, 0.29) is 18.0 Å². The summed E-state index contributed by atoms with van der Waals surface area (Å²) in [5, 5.41) is -0.572. The molecule has 0 aromatic heterocycles. The lowest BCUT2D eigenvalue weighted by Crippen LogP contribution is -2.40. The van der Waals surface area contributed by atoms with Gasteiger partial charge in [-0.25, -0.2) is 21.6 Å². The van der Waals surface area contributed by atoms with Crippen LogP contribution in [0.15, 0.2) is 23.1 Å². The fraction of sp³-hybridized carbons (Fsp3) is 0.533. The second-order valence-corrected chi connectivity index (χ2v) is 10.2. The fourth-order valence-corrected chi connectivity index (χ4v) is 4.93. The minimum Gasteiger partial charge on any atom is -0.340 e. The fourth-order valence-electron chi connectivity index (χ4n) is 2.65. The second-order valence-electron chi connectivity index (χ2n) is 6.17. The summed E-state index contributed by atoms with van der Waals surface area (Å²) in [6.45, 7) is 3.53. The monoisotopic (exact) mass is 374 g/mol. The van der Waals surface area contributed by atoms with Crippen molar-refractivity contribution in [1.82, 2.24) is 9.62 Å². The van der Waals surface area contributed by atoms with Gasteiger partial charge in [0.25, 0.3) is 0 Å². The molecule has 1 aromatic carbocycles. The van der Waals surface area contributed by atoms with Gasteiger partial charge >= 0.3 is 0 Å². The average Bonchev–Trinajstić information content (AvgIpc) is 2.97. The highest BCUT2D eigenvalue weighted by Crippen LogP contribution is 2.18. The maximum atomic E-state index is 12.4. The lowest BCUT2D eigenvalue weighted by atomic mass is 10.2. The van der Waals surface area contributed by atoms with Gasteiger partial charge < -0.3 is 4.90 Å². The van der Waals surface area contributed by atoms with Gasteiger partial charge in [-0.15, -0.1) is 0 Å². The number of likely N-dealkylation sites (tertiary alicyclic amines) is 1. The molecule has 1 aromatic rings. The molecule has 1 saturated heterocycles. The Balaban J connectivity index is 2.03. The van der Waals surface area contributed by atoms with Gasteiger partial charge in [-0.3, -0.25) is 4.79 Å². The van der Waals surface area contributed by atoms with Gasteiger partial charge in [-0.05, 0) is 37.5 Å². The summed E-state index contributed by atoms with van der Waals surface area (Å²) >= 11 is 0. The van der Waals surface area contributed by atoms with E-state index in [1.54, 1.807) is 26.0 Å². The normalized spacial score (nSPS) is 18.8. The topological polar surface area (TPSA) is 101 Å². The number of amides is 1. The Labute approximate surface area is 143 Å². The van der Waals surface area contributed by atoms with E-state index < -0.39 is 31.0 Å². The van der Waals surface area contributed by atoms with Crippen LogP contribution in [-0.2, 0) is 24.7 Å². The standard InChI is InChI=1S/C15H22N2O5S2/c1-11-4-5-12(2)14(8-11)24(21,22)16-9-15(18)17-7-6-13(10-17)23(3,19)20/h4-5,8,13,16H,6-7,9-10H2,1-3H3. The Morgan fingerprint density at radius 3 is 2.50 bits per heavy atom. The highest BCUT2D eigenvalue weighted by molar-refractivity contribution is 7.91. The van der Waals surface area contributed by atoms with E-state index in [1.807, 2.05) is 6.07 Å². The second kappa shape index (κ2) is 6.81. The number of nitrogens with one attached hydrogen (secondary N) is 1. The van der Waals surface area contributed by atoms with E-state index in [1.165, 1.54) is 4.90 Å². The molecular weight excluding hydrogens is 352 g/mol. The number of carbonyl (C=O) groups excluding carboxylic acids is 1. The summed E-state index contributed by atoms with van der Waals surface area (Å²) in [4.78, 5) is 13.7. The molecule has 24 heavy (non-hydrogen) atoms. The number of sulfonamides is 1. The van der Waals surface area contributed by atoms with E-state index in [4.69, 9.17) is 0 Å². The van der Waals surface area contributed by atoms with E-state index in [2.05, 4.69) is 4.72 Å². The number of sulfone groups is 1. The van der Waals surface area contributed by atoms with Crippen LogP contribution in [0.25, 0.3) is 0 Å². The average molecular weight is 374 g/mol. The van der Waals surface area contributed by atoms with Gasteiger partial charge in [0.2, 0.25) is 15.9 Å². The zero-order valence-electron chi connectivity index (χ0n) is 13.9. The van der Waals surface area contributed by atoms with Crippen molar-refractivity contribution < 1.29 is 21.6 Å². The van der Waals surface area contributed by atoms with Crippen LogP contribution in [0.3, 0.4) is 0 Å². The number of benzene rings is 1. The first kappa shape index (κ1) is 18.9. The van der Waals surface area contributed by atoms with Crippen molar-refractivity contribution in [3.05, 3.63) is 29.3 Å². The summed E-state index contributed by atoms with van der Waals surface area (Å²) < 4.78 is 50.1. The number of hydrogen-bond acceptors (Lipinski definition) is 5. The van der Waals surface area contributed by atoms with Crippen LogP contribution in [0.1, 0.15) is 17.5 Å². The third-order valence-corrected chi connectivity index (χ3v) is 7.29. The Morgan fingerprint density at radius 1 is 1.25 bits per heavy atom. The lowest BCUT2D eigenvalue weighted by molar-refractivity contribution is -0.128. The summed E-state index contributed by atoms with van der Waals surface area (Å²) in [7, 11) is -6.99. The van der Waals surface area contributed by atoms with Gasteiger partial charge in [-0.1, -0.05) is 12.1 Å². The molecule has 1 aliphatic rings. The number of aryl methyl sites for hydroxylation is 2. The van der Waals surface area contributed by atoms with Crippen molar-refractivity contribution >= 4 is 25.8 Å². The van der Waals surface area contributed by atoms with E-state index in [9.17, 15) is 21.6 Å². The van der Waals surface area contributed by atoms with Crippen molar-refractivity contribution in [2.24, 2.45) is 0 Å². The third kappa shape index (κ3) is 4.34. The highest BCUT2D eigenvalue weighted by atomic mass is 32.2. The van der Waals surface area contributed by atoms with Crippen LogP contribution in [0.5, 0.6) is 0 Å². The molecule has 0 radical (unpaired) electrons. The van der Waals surface area contributed by atoms with Gasteiger partial charge in [0.1, 0.15) is 0 Å². The number of rotatable bonds is 5. The summed E-state index contributed by atoms with van der Waals surface area (Å²) in [6.07, 6.45) is 1.53. The van der Waals surface area contributed by atoms with Crippen LogP contribution < -0.4 is 4.72 Å². The molecule has 1 unspecified atom stereocenters.